The Balaban J connectivity index is 2.19. The van der Waals surface area contributed by atoms with Gasteiger partial charge in [0.2, 0.25) is 0 Å². The number of halogens is 1. The lowest BCUT2D eigenvalue weighted by molar-refractivity contribution is 0.382. The Morgan fingerprint density at radius 3 is 2.84 bits per heavy atom. The molecule has 1 heterocycles. The zero-order valence-corrected chi connectivity index (χ0v) is 13.1. The topological polar surface area (TPSA) is 43.8 Å². The lowest BCUT2D eigenvalue weighted by atomic mass is 9.96. The first kappa shape index (κ1) is 13.1. The van der Waals surface area contributed by atoms with E-state index in [2.05, 4.69) is 52.5 Å². The van der Waals surface area contributed by atoms with E-state index in [1.54, 1.807) is 0 Å². The Morgan fingerprint density at radius 1 is 1.47 bits per heavy atom. The molecule has 2 aromatic rings. The van der Waals surface area contributed by atoms with Crippen LogP contribution in [0.2, 0.25) is 0 Å². The van der Waals surface area contributed by atoms with Crippen molar-refractivity contribution >= 4 is 27.0 Å². The molecule has 0 amide bonds. The fourth-order valence-electron chi connectivity index (χ4n) is 2.83. The summed E-state index contributed by atoms with van der Waals surface area (Å²) in [4.78, 5) is 4.83. The molecule has 19 heavy (non-hydrogen) atoms. The first-order chi connectivity index (χ1) is 9.04. The van der Waals surface area contributed by atoms with Gasteiger partial charge in [0.05, 0.1) is 16.6 Å². The van der Waals surface area contributed by atoms with Gasteiger partial charge in [0, 0.05) is 11.0 Å². The molecular weight excluding hydrogens is 302 g/mol. The van der Waals surface area contributed by atoms with Gasteiger partial charge in [-0.2, -0.15) is 0 Å². The average Bonchev–Trinajstić information content (AvgIpc) is 3.14. The highest BCUT2D eigenvalue weighted by Crippen LogP contribution is 2.44. The molecule has 1 atom stereocenters. The largest absolute Gasteiger partial charge is 0.326 e. The summed E-state index contributed by atoms with van der Waals surface area (Å²) < 4.78 is 3.37. The lowest BCUT2D eigenvalue weighted by Gasteiger charge is -2.25. The molecule has 4 heteroatoms. The van der Waals surface area contributed by atoms with Crippen LogP contribution >= 0.6 is 15.9 Å². The van der Waals surface area contributed by atoms with Crippen molar-refractivity contribution in [2.75, 3.05) is 0 Å². The van der Waals surface area contributed by atoms with Crippen molar-refractivity contribution in [1.82, 2.24) is 9.55 Å². The van der Waals surface area contributed by atoms with Gasteiger partial charge in [0.15, 0.2) is 0 Å². The van der Waals surface area contributed by atoms with Crippen LogP contribution in [0.3, 0.4) is 0 Å². The van der Waals surface area contributed by atoms with Gasteiger partial charge in [0.25, 0.3) is 0 Å². The third-order valence-electron chi connectivity index (χ3n) is 4.06. The third kappa shape index (κ3) is 2.21. The number of aryl methyl sites for hydroxylation is 1. The number of nitrogens with zero attached hydrogens (tertiary/aromatic N) is 2. The van der Waals surface area contributed by atoms with Crippen LogP contribution in [0.15, 0.2) is 22.7 Å². The summed E-state index contributed by atoms with van der Waals surface area (Å²) in [6.07, 6.45) is 3.55. The van der Waals surface area contributed by atoms with Gasteiger partial charge >= 0.3 is 0 Å². The molecule has 0 bridgehead atoms. The maximum atomic E-state index is 6.58. The normalized spacial score (nSPS) is 18.7. The molecule has 2 N–H and O–H groups in total. The fourth-order valence-corrected chi connectivity index (χ4v) is 3.18. The SMILES string of the molecule is CCCn1c(C(C)(N)C2CC2)nc2cc(Br)ccc21. The molecule has 1 aliphatic carbocycles. The number of benzene rings is 1. The molecule has 0 saturated heterocycles. The standard InChI is InChI=1S/C15H20BrN3/c1-3-8-19-13-7-6-11(16)9-12(13)18-14(19)15(2,17)10-4-5-10/h6-7,9-10H,3-5,8,17H2,1-2H3. The van der Waals surface area contributed by atoms with Gasteiger partial charge in [-0.25, -0.2) is 4.98 Å². The first-order valence-corrected chi connectivity index (χ1v) is 7.78. The smallest absolute Gasteiger partial charge is 0.130 e. The van der Waals surface area contributed by atoms with Crippen molar-refractivity contribution in [1.29, 1.82) is 0 Å². The maximum Gasteiger partial charge on any atom is 0.130 e. The molecule has 1 fully saturated rings. The second-order valence-electron chi connectivity index (χ2n) is 5.78. The predicted molar refractivity (Wildman–Crippen MR) is 82.0 cm³/mol. The number of fused-ring (bicyclic) bond motifs is 1. The van der Waals surface area contributed by atoms with Crippen molar-refractivity contribution in [2.24, 2.45) is 11.7 Å². The minimum atomic E-state index is -0.305. The third-order valence-corrected chi connectivity index (χ3v) is 4.56. The molecule has 0 radical (unpaired) electrons. The van der Waals surface area contributed by atoms with Gasteiger partial charge in [-0.3, -0.25) is 0 Å². The zero-order valence-electron chi connectivity index (χ0n) is 11.5. The van der Waals surface area contributed by atoms with Gasteiger partial charge < -0.3 is 10.3 Å². The molecule has 0 aliphatic heterocycles. The summed E-state index contributed by atoms with van der Waals surface area (Å²) in [5.74, 6) is 1.63. The minimum Gasteiger partial charge on any atom is -0.326 e. The van der Waals surface area contributed by atoms with Crippen LogP contribution in [-0.2, 0) is 12.1 Å². The summed E-state index contributed by atoms with van der Waals surface area (Å²) in [6, 6.07) is 6.29. The Hall–Kier alpha value is -0.870. The van der Waals surface area contributed by atoms with Gasteiger partial charge in [-0.05, 0) is 50.3 Å². The van der Waals surface area contributed by atoms with Crippen LogP contribution < -0.4 is 5.73 Å². The van der Waals surface area contributed by atoms with E-state index in [1.165, 1.54) is 18.4 Å². The molecular formula is C15H20BrN3. The molecule has 1 aliphatic rings. The quantitative estimate of drug-likeness (QED) is 0.931. The van der Waals surface area contributed by atoms with E-state index >= 15 is 0 Å². The van der Waals surface area contributed by atoms with Crippen molar-refractivity contribution < 1.29 is 0 Å². The van der Waals surface area contributed by atoms with E-state index in [0.717, 1.165) is 28.8 Å². The van der Waals surface area contributed by atoms with E-state index < -0.39 is 0 Å². The molecule has 3 nitrogen and oxygen atoms in total. The van der Waals surface area contributed by atoms with Crippen LogP contribution in [0.1, 0.15) is 38.9 Å². The maximum absolute atomic E-state index is 6.58. The summed E-state index contributed by atoms with van der Waals surface area (Å²) >= 11 is 3.52. The van der Waals surface area contributed by atoms with Gasteiger partial charge in [-0.1, -0.05) is 22.9 Å². The Kier molecular flexibility index (Phi) is 3.18. The minimum absolute atomic E-state index is 0.305. The van der Waals surface area contributed by atoms with E-state index in [0.29, 0.717) is 5.92 Å². The van der Waals surface area contributed by atoms with E-state index in [-0.39, 0.29) is 5.54 Å². The lowest BCUT2D eigenvalue weighted by Crippen LogP contribution is -2.38. The Morgan fingerprint density at radius 2 is 2.21 bits per heavy atom. The number of imidazole rings is 1. The van der Waals surface area contributed by atoms with Crippen LogP contribution in [-0.4, -0.2) is 9.55 Å². The molecule has 1 saturated carbocycles. The van der Waals surface area contributed by atoms with Crippen molar-refractivity contribution in [3.63, 3.8) is 0 Å². The number of rotatable bonds is 4. The number of nitrogens with two attached hydrogens (primary N) is 1. The summed E-state index contributed by atoms with van der Waals surface area (Å²) in [7, 11) is 0. The highest BCUT2D eigenvalue weighted by Gasteiger charge is 2.43. The number of hydrogen-bond acceptors (Lipinski definition) is 2. The van der Waals surface area contributed by atoms with Crippen LogP contribution in [0, 0.1) is 5.92 Å². The van der Waals surface area contributed by atoms with E-state index in [1.807, 2.05) is 0 Å². The monoisotopic (exact) mass is 321 g/mol. The van der Waals surface area contributed by atoms with Crippen molar-refractivity contribution in [3.05, 3.63) is 28.5 Å². The van der Waals surface area contributed by atoms with Crippen LogP contribution in [0.4, 0.5) is 0 Å². The van der Waals surface area contributed by atoms with E-state index in [4.69, 9.17) is 10.7 Å². The van der Waals surface area contributed by atoms with Gasteiger partial charge in [-0.15, -0.1) is 0 Å². The predicted octanol–water partition coefficient (Wildman–Crippen LogP) is 3.79. The molecule has 3 rings (SSSR count). The summed E-state index contributed by atoms with van der Waals surface area (Å²) in [5.41, 5.74) is 8.51. The number of hydrogen-bond donors (Lipinski definition) is 1. The van der Waals surface area contributed by atoms with Crippen LogP contribution in [0.25, 0.3) is 11.0 Å². The van der Waals surface area contributed by atoms with E-state index in [9.17, 15) is 0 Å². The second-order valence-corrected chi connectivity index (χ2v) is 6.69. The van der Waals surface area contributed by atoms with Crippen LogP contribution in [0.5, 0.6) is 0 Å². The highest BCUT2D eigenvalue weighted by molar-refractivity contribution is 9.10. The van der Waals surface area contributed by atoms with Crippen molar-refractivity contribution in [3.8, 4) is 0 Å². The fraction of sp³-hybridized carbons (Fsp3) is 0.533. The molecule has 0 spiro atoms. The molecule has 1 unspecified atom stereocenters. The van der Waals surface area contributed by atoms with Gasteiger partial charge in [0.1, 0.15) is 5.82 Å². The number of aromatic nitrogens is 2. The second kappa shape index (κ2) is 4.60. The Labute approximate surface area is 122 Å². The summed E-state index contributed by atoms with van der Waals surface area (Å²) in [6.45, 7) is 5.31. The Bertz CT molecular complexity index is 611. The first-order valence-electron chi connectivity index (χ1n) is 6.99. The molecule has 102 valence electrons. The summed E-state index contributed by atoms with van der Waals surface area (Å²) in [5, 5.41) is 0. The molecule has 1 aromatic heterocycles. The average molecular weight is 322 g/mol. The highest BCUT2D eigenvalue weighted by atomic mass is 79.9. The van der Waals surface area contributed by atoms with Crippen molar-refractivity contribution in [2.45, 2.75) is 45.2 Å². The molecule has 1 aromatic carbocycles. The zero-order chi connectivity index (χ0) is 13.6.